The number of nitrogens with zero attached hydrogens (tertiary/aromatic N) is 4. The monoisotopic (exact) mass is 283 g/mol. The van der Waals surface area contributed by atoms with Gasteiger partial charge in [0.2, 0.25) is 5.28 Å². The Morgan fingerprint density at radius 2 is 1.84 bits per heavy atom. The molecule has 3 rings (SSSR count). The van der Waals surface area contributed by atoms with Crippen LogP contribution < -0.4 is 4.90 Å². The van der Waals surface area contributed by atoms with Gasteiger partial charge in [-0.3, -0.25) is 0 Å². The van der Waals surface area contributed by atoms with Gasteiger partial charge in [0.05, 0.1) is 13.2 Å². The number of anilines is 1. The van der Waals surface area contributed by atoms with Crippen molar-refractivity contribution in [2.75, 3.05) is 31.2 Å². The largest absolute Gasteiger partial charge is 0.378 e. The number of rotatable bonds is 1. The fourth-order valence-corrected chi connectivity index (χ4v) is 2.14. The maximum atomic E-state index is 5.92. The van der Waals surface area contributed by atoms with Crippen molar-refractivity contribution >= 4 is 28.6 Å². The fourth-order valence-electron chi connectivity index (χ4n) is 1.98. The van der Waals surface area contributed by atoms with Crippen LogP contribution in [0.15, 0.2) is 0 Å². The van der Waals surface area contributed by atoms with Crippen LogP contribution >= 0.6 is 11.6 Å². The van der Waals surface area contributed by atoms with Crippen molar-refractivity contribution < 1.29 is 4.74 Å². The third kappa shape index (κ3) is 2.96. The number of hydrogen-bond donors (Lipinski definition) is 1. The SMILES string of the molecule is CC.Cc1nc2nc(Cl)nc(N3CCOCC3)c2[nH]1. The summed E-state index contributed by atoms with van der Waals surface area (Å²) in [5, 5.41) is 0.227. The van der Waals surface area contributed by atoms with Gasteiger partial charge in [0, 0.05) is 13.1 Å². The zero-order chi connectivity index (χ0) is 13.8. The van der Waals surface area contributed by atoms with Gasteiger partial charge >= 0.3 is 0 Å². The lowest BCUT2D eigenvalue weighted by molar-refractivity contribution is 0.122. The minimum Gasteiger partial charge on any atom is -0.378 e. The number of fused-ring (bicyclic) bond motifs is 1. The van der Waals surface area contributed by atoms with Crippen LogP contribution in [-0.2, 0) is 4.74 Å². The summed E-state index contributed by atoms with van der Waals surface area (Å²) in [5.74, 6) is 1.62. The summed E-state index contributed by atoms with van der Waals surface area (Å²) < 4.78 is 5.32. The van der Waals surface area contributed by atoms with Gasteiger partial charge in [-0.2, -0.15) is 9.97 Å². The molecule has 0 aromatic carbocycles. The molecule has 0 atom stereocenters. The van der Waals surface area contributed by atoms with Gasteiger partial charge in [-0.1, -0.05) is 13.8 Å². The van der Waals surface area contributed by atoms with Crippen LogP contribution in [0.2, 0.25) is 5.28 Å². The van der Waals surface area contributed by atoms with Gasteiger partial charge < -0.3 is 14.6 Å². The second kappa shape index (κ2) is 6.16. The normalized spacial score (nSPS) is 15.3. The van der Waals surface area contributed by atoms with Gasteiger partial charge in [0.15, 0.2) is 11.5 Å². The number of morpholine rings is 1. The summed E-state index contributed by atoms with van der Waals surface area (Å²) >= 11 is 5.92. The molecule has 0 amide bonds. The van der Waals surface area contributed by atoms with E-state index in [4.69, 9.17) is 16.3 Å². The molecule has 1 saturated heterocycles. The van der Waals surface area contributed by atoms with Gasteiger partial charge in [-0.15, -0.1) is 0 Å². The van der Waals surface area contributed by atoms with Crippen molar-refractivity contribution in [3.63, 3.8) is 0 Å². The van der Waals surface area contributed by atoms with Gasteiger partial charge in [0.1, 0.15) is 11.3 Å². The first kappa shape index (κ1) is 14.0. The molecule has 0 saturated carbocycles. The topological polar surface area (TPSA) is 66.9 Å². The first-order chi connectivity index (χ1) is 9.24. The first-order valence-electron chi connectivity index (χ1n) is 6.46. The Labute approximate surface area is 117 Å². The molecule has 6 nitrogen and oxygen atoms in total. The maximum absolute atomic E-state index is 5.92. The van der Waals surface area contributed by atoms with Crippen molar-refractivity contribution in [1.82, 2.24) is 19.9 Å². The molecule has 3 heterocycles. The Morgan fingerprint density at radius 1 is 1.16 bits per heavy atom. The molecule has 1 N–H and O–H groups in total. The molecule has 0 spiro atoms. The Kier molecular flexibility index (Phi) is 4.55. The predicted octanol–water partition coefficient (Wildman–Crippen LogP) is 2.18. The average molecular weight is 284 g/mol. The third-order valence-electron chi connectivity index (χ3n) is 2.73. The zero-order valence-corrected chi connectivity index (χ0v) is 12.2. The Morgan fingerprint density at radius 3 is 2.53 bits per heavy atom. The molecule has 104 valence electrons. The summed E-state index contributed by atoms with van der Waals surface area (Å²) in [5.41, 5.74) is 1.46. The molecule has 1 fully saturated rings. The lowest BCUT2D eigenvalue weighted by Gasteiger charge is -2.27. The summed E-state index contributed by atoms with van der Waals surface area (Å²) in [7, 11) is 0. The molecule has 19 heavy (non-hydrogen) atoms. The maximum Gasteiger partial charge on any atom is 0.226 e. The quantitative estimate of drug-likeness (QED) is 0.813. The van der Waals surface area contributed by atoms with Crippen LogP contribution in [0.1, 0.15) is 19.7 Å². The van der Waals surface area contributed by atoms with Crippen LogP contribution in [-0.4, -0.2) is 46.2 Å². The molecule has 2 aromatic heterocycles. The van der Waals surface area contributed by atoms with E-state index < -0.39 is 0 Å². The lowest BCUT2D eigenvalue weighted by atomic mass is 10.4. The fraction of sp³-hybridized carbons (Fsp3) is 0.583. The standard InChI is InChI=1S/C10H12ClN5O.C2H6/c1-6-12-7-8(13-6)14-10(11)15-9(7)16-2-4-17-5-3-16;1-2/h2-5H2,1H3,(H,12,13,14,15);1-2H3. The smallest absolute Gasteiger partial charge is 0.226 e. The Balaban J connectivity index is 0.000000637. The number of aromatic nitrogens is 4. The number of halogens is 1. The van der Waals surface area contributed by atoms with E-state index in [9.17, 15) is 0 Å². The molecule has 0 bridgehead atoms. The molecule has 2 aromatic rings. The van der Waals surface area contributed by atoms with Crippen LogP contribution in [0.3, 0.4) is 0 Å². The second-order valence-corrected chi connectivity index (χ2v) is 4.27. The van der Waals surface area contributed by atoms with Crippen LogP contribution in [0.4, 0.5) is 5.82 Å². The van der Waals surface area contributed by atoms with E-state index in [2.05, 4.69) is 24.8 Å². The number of H-pyrrole nitrogens is 1. The van der Waals surface area contributed by atoms with Crippen LogP contribution in [0.25, 0.3) is 11.2 Å². The minimum absolute atomic E-state index is 0.227. The summed E-state index contributed by atoms with van der Waals surface area (Å²) in [6.45, 7) is 8.91. The predicted molar refractivity (Wildman–Crippen MR) is 75.8 cm³/mol. The van der Waals surface area contributed by atoms with E-state index in [1.165, 1.54) is 0 Å². The lowest BCUT2D eigenvalue weighted by Crippen LogP contribution is -2.37. The summed E-state index contributed by atoms with van der Waals surface area (Å²) in [6.07, 6.45) is 0. The van der Waals surface area contributed by atoms with Crippen LogP contribution in [0, 0.1) is 6.92 Å². The number of imidazole rings is 1. The molecule has 1 aliphatic heterocycles. The minimum atomic E-state index is 0.227. The van der Waals surface area contributed by atoms with Crippen LogP contribution in [0.5, 0.6) is 0 Å². The molecule has 1 aliphatic rings. The van der Waals surface area contributed by atoms with Gasteiger partial charge in [0.25, 0.3) is 0 Å². The molecular weight excluding hydrogens is 266 g/mol. The average Bonchev–Trinajstić information content (AvgIpc) is 2.81. The van der Waals surface area contributed by atoms with Crippen molar-refractivity contribution in [2.24, 2.45) is 0 Å². The van der Waals surface area contributed by atoms with E-state index >= 15 is 0 Å². The highest BCUT2D eigenvalue weighted by Gasteiger charge is 2.18. The van der Waals surface area contributed by atoms with Gasteiger partial charge in [-0.25, -0.2) is 4.98 Å². The number of nitrogens with one attached hydrogen (secondary N) is 1. The van der Waals surface area contributed by atoms with E-state index in [-0.39, 0.29) is 5.28 Å². The highest BCUT2D eigenvalue weighted by Crippen LogP contribution is 2.24. The summed E-state index contributed by atoms with van der Waals surface area (Å²) in [4.78, 5) is 18.0. The van der Waals surface area contributed by atoms with Crippen molar-refractivity contribution in [3.8, 4) is 0 Å². The van der Waals surface area contributed by atoms with Crippen molar-refractivity contribution in [3.05, 3.63) is 11.1 Å². The van der Waals surface area contributed by atoms with Gasteiger partial charge in [-0.05, 0) is 18.5 Å². The number of hydrogen-bond acceptors (Lipinski definition) is 5. The Hall–Kier alpha value is -1.40. The number of aromatic amines is 1. The molecule has 0 unspecified atom stereocenters. The van der Waals surface area contributed by atoms with E-state index in [1.807, 2.05) is 20.8 Å². The second-order valence-electron chi connectivity index (χ2n) is 3.94. The van der Waals surface area contributed by atoms with E-state index in [0.29, 0.717) is 18.9 Å². The highest BCUT2D eigenvalue weighted by atomic mass is 35.5. The number of aryl methyl sites for hydroxylation is 1. The van der Waals surface area contributed by atoms with Crippen molar-refractivity contribution in [1.29, 1.82) is 0 Å². The first-order valence-corrected chi connectivity index (χ1v) is 6.84. The highest BCUT2D eigenvalue weighted by molar-refractivity contribution is 6.28. The molecule has 0 aliphatic carbocycles. The Bertz CT molecular complexity index is 550. The molecule has 0 radical (unpaired) electrons. The van der Waals surface area contributed by atoms with E-state index in [0.717, 1.165) is 30.2 Å². The molecular formula is C12H18ClN5O. The van der Waals surface area contributed by atoms with E-state index in [1.54, 1.807) is 0 Å². The third-order valence-corrected chi connectivity index (χ3v) is 2.90. The zero-order valence-electron chi connectivity index (χ0n) is 11.4. The number of ether oxygens (including phenoxy) is 1. The van der Waals surface area contributed by atoms with Crippen molar-refractivity contribution in [2.45, 2.75) is 20.8 Å². The summed E-state index contributed by atoms with van der Waals surface area (Å²) in [6, 6.07) is 0. The molecule has 7 heteroatoms.